The maximum absolute atomic E-state index is 12.1. The van der Waals surface area contributed by atoms with Gasteiger partial charge in [-0.3, -0.25) is 10.1 Å². The molecular formula is C16H21N3O2S. The van der Waals surface area contributed by atoms with Crippen molar-refractivity contribution in [2.45, 2.75) is 39.5 Å². The molecule has 0 radical (unpaired) electrons. The van der Waals surface area contributed by atoms with Crippen molar-refractivity contribution in [3.05, 3.63) is 34.8 Å². The number of rotatable bonds is 8. The van der Waals surface area contributed by atoms with Crippen LogP contribution in [0.15, 0.2) is 24.3 Å². The number of benzene rings is 1. The first kappa shape index (κ1) is 16.4. The summed E-state index contributed by atoms with van der Waals surface area (Å²) < 4.78 is 5.66. The lowest BCUT2D eigenvalue weighted by Gasteiger charge is -2.07. The number of ether oxygens (including phenoxy) is 1. The predicted octanol–water partition coefficient (Wildman–Crippen LogP) is 4.06. The van der Waals surface area contributed by atoms with Crippen molar-refractivity contribution in [1.82, 2.24) is 10.2 Å². The van der Waals surface area contributed by atoms with E-state index >= 15 is 0 Å². The summed E-state index contributed by atoms with van der Waals surface area (Å²) >= 11 is 1.35. The summed E-state index contributed by atoms with van der Waals surface area (Å²) in [5.74, 6) is 0.602. The second kappa shape index (κ2) is 8.48. The van der Waals surface area contributed by atoms with Gasteiger partial charge in [0.25, 0.3) is 5.91 Å². The van der Waals surface area contributed by atoms with E-state index in [1.807, 2.05) is 19.1 Å². The highest BCUT2D eigenvalue weighted by molar-refractivity contribution is 7.15. The highest BCUT2D eigenvalue weighted by Crippen LogP contribution is 2.17. The van der Waals surface area contributed by atoms with E-state index in [9.17, 15) is 4.79 Å². The second-order valence-electron chi connectivity index (χ2n) is 5.01. The number of anilines is 1. The van der Waals surface area contributed by atoms with Gasteiger partial charge in [-0.05, 0) is 37.6 Å². The number of aromatic nitrogens is 2. The number of hydrogen-bond acceptors (Lipinski definition) is 5. The van der Waals surface area contributed by atoms with Crippen molar-refractivity contribution in [3.63, 3.8) is 0 Å². The van der Waals surface area contributed by atoms with Crippen LogP contribution in [-0.4, -0.2) is 22.7 Å². The van der Waals surface area contributed by atoms with E-state index in [0.717, 1.165) is 23.8 Å². The number of amides is 1. The Labute approximate surface area is 134 Å². The highest BCUT2D eigenvalue weighted by atomic mass is 32.1. The standard InChI is InChI=1S/C16H21N3O2S/c1-3-4-5-6-11-21-14-9-7-13(8-10-14)15(20)17-16-19-18-12(2)22-16/h7-10H,3-6,11H2,1-2H3,(H,17,19,20). The molecule has 1 aromatic heterocycles. The monoisotopic (exact) mass is 319 g/mol. The van der Waals surface area contributed by atoms with E-state index in [1.54, 1.807) is 12.1 Å². The summed E-state index contributed by atoms with van der Waals surface area (Å²) in [4.78, 5) is 12.1. The van der Waals surface area contributed by atoms with Crippen molar-refractivity contribution in [2.75, 3.05) is 11.9 Å². The zero-order chi connectivity index (χ0) is 15.8. The van der Waals surface area contributed by atoms with Gasteiger partial charge in [-0.15, -0.1) is 10.2 Å². The Bertz CT molecular complexity index is 596. The molecule has 0 bridgehead atoms. The Morgan fingerprint density at radius 1 is 1.18 bits per heavy atom. The molecule has 1 heterocycles. The summed E-state index contributed by atoms with van der Waals surface area (Å²) in [5, 5.41) is 11.8. The first-order valence-electron chi connectivity index (χ1n) is 7.53. The SMILES string of the molecule is CCCCCCOc1ccc(C(=O)Nc2nnc(C)s2)cc1. The van der Waals surface area contributed by atoms with Gasteiger partial charge >= 0.3 is 0 Å². The fourth-order valence-electron chi connectivity index (χ4n) is 1.94. The largest absolute Gasteiger partial charge is 0.494 e. The highest BCUT2D eigenvalue weighted by Gasteiger charge is 2.09. The molecule has 0 saturated carbocycles. The number of carbonyl (C=O) groups excluding carboxylic acids is 1. The van der Waals surface area contributed by atoms with Gasteiger partial charge in [-0.2, -0.15) is 0 Å². The molecule has 0 atom stereocenters. The number of aryl methyl sites for hydroxylation is 1. The molecule has 2 rings (SSSR count). The molecule has 0 saturated heterocycles. The van der Waals surface area contributed by atoms with Crippen LogP contribution in [0.5, 0.6) is 5.75 Å². The molecule has 1 amide bonds. The molecule has 1 N–H and O–H groups in total. The van der Waals surface area contributed by atoms with Crippen LogP contribution in [0.4, 0.5) is 5.13 Å². The molecule has 0 fully saturated rings. The summed E-state index contributed by atoms with van der Waals surface area (Å²) in [7, 11) is 0. The van der Waals surface area contributed by atoms with Gasteiger partial charge in [0.15, 0.2) is 0 Å². The van der Waals surface area contributed by atoms with E-state index in [-0.39, 0.29) is 5.91 Å². The molecule has 0 unspecified atom stereocenters. The molecule has 0 spiro atoms. The molecule has 1 aromatic carbocycles. The molecule has 5 nitrogen and oxygen atoms in total. The van der Waals surface area contributed by atoms with Crippen LogP contribution in [-0.2, 0) is 0 Å². The fourth-order valence-corrected chi connectivity index (χ4v) is 2.52. The van der Waals surface area contributed by atoms with E-state index in [2.05, 4.69) is 22.4 Å². The summed E-state index contributed by atoms with van der Waals surface area (Å²) in [6, 6.07) is 7.15. The van der Waals surface area contributed by atoms with Crippen LogP contribution < -0.4 is 10.1 Å². The number of hydrogen-bond donors (Lipinski definition) is 1. The molecule has 22 heavy (non-hydrogen) atoms. The lowest BCUT2D eigenvalue weighted by Crippen LogP contribution is -2.11. The summed E-state index contributed by atoms with van der Waals surface area (Å²) in [5.41, 5.74) is 0.575. The minimum Gasteiger partial charge on any atom is -0.494 e. The number of nitrogens with zero attached hydrogens (tertiary/aromatic N) is 2. The van der Waals surface area contributed by atoms with Gasteiger partial charge < -0.3 is 4.74 Å². The van der Waals surface area contributed by atoms with E-state index < -0.39 is 0 Å². The van der Waals surface area contributed by atoms with Gasteiger partial charge in [-0.1, -0.05) is 37.5 Å². The first-order valence-corrected chi connectivity index (χ1v) is 8.35. The minimum absolute atomic E-state index is 0.189. The third-order valence-corrected chi connectivity index (χ3v) is 3.88. The predicted molar refractivity (Wildman–Crippen MR) is 88.7 cm³/mol. The quantitative estimate of drug-likeness (QED) is 0.745. The summed E-state index contributed by atoms with van der Waals surface area (Å²) in [6.07, 6.45) is 4.72. The van der Waals surface area contributed by atoms with Crippen molar-refractivity contribution < 1.29 is 9.53 Å². The Hall–Kier alpha value is -1.95. The van der Waals surface area contributed by atoms with E-state index in [4.69, 9.17) is 4.74 Å². The van der Waals surface area contributed by atoms with Gasteiger partial charge in [-0.25, -0.2) is 0 Å². The van der Waals surface area contributed by atoms with Gasteiger partial charge in [0.05, 0.1) is 6.61 Å². The van der Waals surface area contributed by atoms with Crippen LogP contribution in [0.2, 0.25) is 0 Å². The van der Waals surface area contributed by atoms with Crippen LogP contribution in [0.1, 0.15) is 48.0 Å². The lowest BCUT2D eigenvalue weighted by atomic mass is 10.2. The van der Waals surface area contributed by atoms with Crippen molar-refractivity contribution in [2.24, 2.45) is 0 Å². The summed E-state index contributed by atoms with van der Waals surface area (Å²) in [6.45, 7) is 4.75. The molecule has 0 aliphatic carbocycles. The van der Waals surface area contributed by atoms with E-state index in [1.165, 1.54) is 30.6 Å². The Morgan fingerprint density at radius 2 is 1.95 bits per heavy atom. The maximum atomic E-state index is 12.1. The third-order valence-electron chi connectivity index (χ3n) is 3.13. The topological polar surface area (TPSA) is 64.1 Å². The van der Waals surface area contributed by atoms with Crippen LogP contribution in [0, 0.1) is 6.92 Å². The van der Waals surface area contributed by atoms with Crippen LogP contribution >= 0.6 is 11.3 Å². The zero-order valence-electron chi connectivity index (χ0n) is 13.0. The number of unbranched alkanes of at least 4 members (excludes halogenated alkanes) is 3. The van der Waals surface area contributed by atoms with Crippen LogP contribution in [0.25, 0.3) is 0 Å². The fraction of sp³-hybridized carbons (Fsp3) is 0.438. The van der Waals surface area contributed by atoms with Crippen molar-refractivity contribution in [1.29, 1.82) is 0 Å². The van der Waals surface area contributed by atoms with Gasteiger partial charge in [0, 0.05) is 5.56 Å². The molecule has 118 valence electrons. The normalized spacial score (nSPS) is 10.5. The molecule has 0 aliphatic rings. The van der Waals surface area contributed by atoms with E-state index in [0.29, 0.717) is 10.7 Å². The number of carbonyl (C=O) groups is 1. The van der Waals surface area contributed by atoms with Gasteiger partial charge in [0.1, 0.15) is 10.8 Å². The third kappa shape index (κ3) is 5.11. The average Bonchev–Trinajstić information content (AvgIpc) is 2.93. The molecule has 0 aliphatic heterocycles. The Balaban J connectivity index is 1.81. The first-order chi connectivity index (χ1) is 10.7. The maximum Gasteiger partial charge on any atom is 0.257 e. The second-order valence-corrected chi connectivity index (χ2v) is 6.20. The average molecular weight is 319 g/mol. The lowest BCUT2D eigenvalue weighted by molar-refractivity contribution is 0.102. The zero-order valence-corrected chi connectivity index (χ0v) is 13.8. The molecule has 6 heteroatoms. The number of nitrogens with one attached hydrogen (secondary N) is 1. The Morgan fingerprint density at radius 3 is 2.59 bits per heavy atom. The molecule has 2 aromatic rings. The van der Waals surface area contributed by atoms with Crippen molar-refractivity contribution in [3.8, 4) is 5.75 Å². The smallest absolute Gasteiger partial charge is 0.257 e. The van der Waals surface area contributed by atoms with Crippen molar-refractivity contribution >= 4 is 22.4 Å². The molecular weight excluding hydrogens is 298 g/mol. The minimum atomic E-state index is -0.189. The van der Waals surface area contributed by atoms with Crippen LogP contribution in [0.3, 0.4) is 0 Å². The Kier molecular flexibility index (Phi) is 6.33. The van der Waals surface area contributed by atoms with Gasteiger partial charge in [0.2, 0.25) is 5.13 Å².